The maximum absolute atomic E-state index is 13.4. The Hall–Kier alpha value is -3.62. The molecule has 192 valence electrons. The van der Waals surface area contributed by atoms with E-state index in [1.54, 1.807) is 7.11 Å². The quantitative estimate of drug-likeness (QED) is 0.288. The second-order valence-corrected chi connectivity index (χ2v) is 9.84. The lowest BCUT2D eigenvalue weighted by Crippen LogP contribution is -2.48. The van der Waals surface area contributed by atoms with E-state index in [0.29, 0.717) is 39.4 Å². The van der Waals surface area contributed by atoms with Gasteiger partial charge in [0.05, 0.1) is 25.0 Å². The molecule has 1 N–H and O–H groups in total. The number of urea groups is 1. The molecular formula is C29H32N4O3S. The summed E-state index contributed by atoms with van der Waals surface area (Å²) in [6.07, 6.45) is 0.825. The highest BCUT2D eigenvalue weighted by molar-refractivity contribution is 7.13. The molecule has 0 radical (unpaired) electrons. The van der Waals surface area contributed by atoms with Crippen molar-refractivity contribution in [2.24, 2.45) is 0 Å². The third-order valence-electron chi connectivity index (χ3n) is 6.58. The van der Waals surface area contributed by atoms with Crippen LogP contribution in [0.2, 0.25) is 0 Å². The summed E-state index contributed by atoms with van der Waals surface area (Å²) in [4.78, 5) is 17.3. The number of benzene rings is 3. The van der Waals surface area contributed by atoms with Crippen LogP contribution in [0.5, 0.6) is 5.75 Å². The third kappa shape index (κ3) is 6.21. The van der Waals surface area contributed by atoms with E-state index in [9.17, 15) is 4.79 Å². The third-order valence-corrected chi connectivity index (χ3v) is 7.40. The molecule has 2 heterocycles. The maximum atomic E-state index is 13.4. The zero-order chi connectivity index (χ0) is 25.5. The van der Waals surface area contributed by atoms with Crippen LogP contribution in [0.1, 0.15) is 12.0 Å². The average molecular weight is 517 g/mol. The number of carbonyl (C=O) groups is 1. The molecule has 1 aliphatic heterocycles. The molecule has 0 aliphatic carbocycles. The molecule has 7 nitrogen and oxygen atoms in total. The fourth-order valence-electron chi connectivity index (χ4n) is 4.49. The lowest BCUT2D eigenvalue weighted by Gasteiger charge is -2.33. The van der Waals surface area contributed by atoms with Crippen molar-refractivity contribution in [3.8, 4) is 16.9 Å². The summed E-state index contributed by atoms with van der Waals surface area (Å²) in [5, 5.41) is 4.60. The van der Waals surface area contributed by atoms with Crippen LogP contribution in [-0.2, 0) is 11.3 Å². The van der Waals surface area contributed by atoms with Gasteiger partial charge in [-0.05, 0) is 58.9 Å². The summed E-state index contributed by atoms with van der Waals surface area (Å²) in [5.74, 6) is 1.76. The van der Waals surface area contributed by atoms with Gasteiger partial charge < -0.3 is 24.6 Å². The number of methoxy groups -OCH3 is 1. The van der Waals surface area contributed by atoms with Gasteiger partial charge in [-0.1, -0.05) is 48.5 Å². The van der Waals surface area contributed by atoms with E-state index < -0.39 is 0 Å². The van der Waals surface area contributed by atoms with Gasteiger partial charge in [-0.15, -0.1) is 0 Å². The molecule has 37 heavy (non-hydrogen) atoms. The second-order valence-electron chi connectivity index (χ2n) is 9.04. The Morgan fingerprint density at radius 3 is 2.46 bits per heavy atom. The molecular weight excluding hydrogens is 484 g/mol. The van der Waals surface area contributed by atoms with Crippen LogP contribution in [0.3, 0.4) is 0 Å². The van der Waals surface area contributed by atoms with Crippen LogP contribution in [0.15, 0.2) is 72.8 Å². The molecule has 3 aromatic carbocycles. The Kier molecular flexibility index (Phi) is 8.18. The fraction of sp³-hybridized carbons (Fsp3) is 0.310. The van der Waals surface area contributed by atoms with Crippen LogP contribution < -0.4 is 10.1 Å². The molecule has 0 atom stereocenters. The molecule has 1 aliphatic rings. The first-order valence-corrected chi connectivity index (χ1v) is 13.4. The standard InChI is InChI=1S/C29H32N4O3S/c1-35-25-13-11-24(12-14-25)23-9-7-22(8-10-23)21-33(29(34)32-17-19-36-20-18-32)16-4-15-30-28-26-5-2-3-6-27(26)37-31-28/h2-3,5-14H,4,15-21H2,1H3,(H,30,31). The topological polar surface area (TPSA) is 66.9 Å². The van der Waals surface area contributed by atoms with E-state index in [-0.39, 0.29) is 6.03 Å². The Labute approximate surface area is 221 Å². The van der Waals surface area contributed by atoms with Crippen molar-refractivity contribution < 1.29 is 14.3 Å². The molecule has 1 fully saturated rings. The normalized spacial score (nSPS) is 13.5. The minimum atomic E-state index is 0.0710. The fourth-order valence-corrected chi connectivity index (χ4v) is 5.25. The lowest BCUT2D eigenvalue weighted by atomic mass is 10.0. The monoisotopic (exact) mass is 516 g/mol. The Balaban J connectivity index is 1.23. The highest BCUT2D eigenvalue weighted by Crippen LogP contribution is 2.26. The predicted molar refractivity (Wildman–Crippen MR) is 149 cm³/mol. The highest BCUT2D eigenvalue weighted by atomic mass is 32.1. The molecule has 0 bridgehead atoms. The Morgan fingerprint density at radius 1 is 1.03 bits per heavy atom. The number of anilines is 1. The number of hydrogen-bond donors (Lipinski definition) is 1. The number of nitrogens with one attached hydrogen (secondary N) is 1. The Morgan fingerprint density at radius 2 is 1.73 bits per heavy atom. The van der Waals surface area contributed by atoms with Gasteiger partial charge in [0, 0.05) is 38.1 Å². The van der Waals surface area contributed by atoms with E-state index in [0.717, 1.165) is 46.6 Å². The van der Waals surface area contributed by atoms with Crippen LogP contribution in [-0.4, -0.2) is 66.7 Å². The van der Waals surface area contributed by atoms with Gasteiger partial charge in [0.1, 0.15) is 11.6 Å². The highest BCUT2D eigenvalue weighted by Gasteiger charge is 2.23. The van der Waals surface area contributed by atoms with E-state index in [1.807, 2.05) is 34.1 Å². The van der Waals surface area contributed by atoms with E-state index in [1.165, 1.54) is 16.2 Å². The van der Waals surface area contributed by atoms with Crippen molar-refractivity contribution in [3.63, 3.8) is 0 Å². The smallest absolute Gasteiger partial charge is 0.320 e. The van der Waals surface area contributed by atoms with Crippen molar-refractivity contribution in [2.75, 3.05) is 51.8 Å². The van der Waals surface area contributed by atoms with Crippen LogP contribution in [0.25, 0.3) is 21.2 Å². The van der Waals surface area contributed by atoms with Gasteiger partial charge in [0.25, 0.3) is 0 Å². The number of nitrogens with zero attached hydrogens (tertiary/aromatic N) is 3. The molecule has 5 rings (SSSR count). The molecule has 4 aromatic rings. The zero-order valence-electron chi connectivity index (χ0n) is 21.1. The summed E-state index contributed by atoms with van der Waals surface area (Å²) in [6.45, 7) is 4.42. The lowest BCUT2D eigenvalue weighted by molar-refractivity contribution is 0.0426. The van der Waals surface area contributed by atoms with Crippen molar-refractivity contribution in [2.45, 2.75) is 13.0 Å². The molecule has 1 saturated heterocycles. The number of ether oxygens (including phenoxy) is 2. The first-order chi connectivity index (χ1) is 18.2. The number of aromatic nitrogens is 1. The van der Waals surface area contributed by atoms with Crippen LogP contribution >= 0.6 is 11.5 Å². The molecule has 2 amide bonds. The van der Waals surface area contributed by atoms with Crippen molar-refractivity contribution in [1.82, 2.24) is 14.2 Å². The molecule has 0 spiro atoms. The molecule has 0 unspecified atom stereocenters. The summed E-state index contributed by atoms with van der Waals surface area (Å²) < 4.78 is 16.4. The molecule has 0 saturated carbocycles. The van der Waals surface area contributed by atoms with Gasteiger partial charge in [0.2, 0.25) is 0 Å². The second kappa shape index (κ2) is 12.1. The first kappa shape index (κ1) is 25.0. The van der Waals surface area contributed by atoms with Crippen LogP contribution in [0, 0.1) is 0 Å². The van der Waals surface area contributed by atoms with E-state index >= 15 is 0 Å². The molecule has 1 aromatic heterocycles. The minimum absolute atomic E-state index is 0.0710. The van der Waals surface area contributed by atoms with E-state index in [2.05, 4.69) is 58.2 Å². The van der Waals surface area contributed by atoms with Crippen molar-refractivity contribution in [1.29, 1.82) is 0 Å². The van der Waals surface area contributed by atoms with Crippen LogP contribution in [0.4, 0.5) is 10.6 Å². The van der Waals surface area contributed by atoms with Crippen molar-refractivity contribution in [3.05, 3.63) is 78.4 Å². The van der Waals surface area contributed by atoms with Gasteiger partial charge in [-0.3, -0.25) is 0 Å². The summed E-state index contributed by atoms with van der Waals surface area (Å²) in [6, 6.07) is 24.8. The van der Waals surface area contributed by atoms with E-state index in [4.69, 9.17) is 9.47 Å². The maximum Gasteiger partial charge on any atom is 0.320 e. The minimum Gasteiger partial charge on any atom is -0.497 e. The molecule has 8 heteroatoms. The Bertz CT molecular complexity index is 1300. The predicted octanol–water partition coefficient (Wildman–Crippen LogP) is 5.73. The number of amides is 2. The zero-order valence-corrected chi connectivity index (χ0v) is 21.9. The number of hydrogen-bond acceptors (Lipinski definition) is 6. The van der Waals surface area contributed by atoms with Gasteiger partial charge in [-0.2, -0.15) is 4.37 Å². The van der Waals surface area contributed by atoms with Gasteiger partial charge in [-0.25, -0.2) is 4.79 Å². The SMILES string of the molecule is COc1ccc(-c2ccc(CN(CCCNc3nsc4ccccc34)C(=O)N3CCOCC3)cc2)cc1. The van der Waals surface area contributed by atoms with Gasteiger partial charge >= 0.3 is 6.03 Å². The van der Waals surface area contributed by atoms with Crippen molar-refractivity contribution >= 4 is 33.5 Å². The number of morpholine rings is 1. The summed E-state index contributed by atoms with van der Waals surface area (Å²) in [5.41, 5.74) is 3.38. The largest absolute Gasteiger partial charge is 0.497 e. The number of carbonyl (C=O) groups excluding carboxylic acids is 1. The number of rotatable bonds is 9. The average Bonchev–Trinajstić information content (AvgIpc) is 3.38. The summed E-state index contributed by atoms with van der Waals surface area (Å²) in [7, 11) is 1.67. The first-order valence-electron chi connectivity index (χ1n) is 12.6. The summed E-state index contributed by atoms with van der Waals surface area (Å²) >= 11 is 1.50. The number of fused-ring (bicyclic) bond motifs is 1. The van der Waals surface area contributed by atoms with Gasteiger partial charge in [0.15, 0.2) is 0 Å².